The van der Waals surface area contributed by atoms with Gasteiger partial charge in [-0.3, -0.25) is 4.79 Å². The molecule has 1 aliphatic rings. The van der Waals surface area contributed by atoms with E-state index >= 15 is 0 Å². The second kappa shape index (κ2) is 5.53. The van der Waals surface area contributed by atoms with Crippen molar-refractivity contribution >= 4 is 5.91 Å². The average Bonchev–Trinajstić information content (AvgIpc) is 2.40. The Balaban J connectivity index is 2.01. The van der Waals surface area contributed by atoms with Gasteiger partial charge in [0, 0.05) is 19.1 Å². The molecule has 1 aliphatic heterocycles. The summed E-state index contributed by atoms with van der Waals surface area (Å²) in [6.07, 6.45) is 1.66. The van der Waals surface area contributed by atoms with Crippen LogP contribution in [0.2, 0.25) is 0 Å². The molecule has 0 spiro atoms. The summed E-state index contributed by atoms with van der Waals surface area (Å²) in [6.45, 7) is 5.48. The molecule has 0 radical (unpaired) electrons. The molecule has 1 heterocycles. The fraction of sp³-hybridized carbons (Fsp3) is 0.533. The number of carbonyl (C=O) groups excluding carboxylic acids is 1. The molecule has 0 bridgehead atoms. The van der Waals surface area contributed by atoms with Crippen molar-refractivity contribution in [1.29, 1.82) is 0 Å². The molecule has 0 saturated carbocycles. The van der Waals surface area contributed by atoms with Crippen LogP contribution in [-0.4, -0.2) is 19.1 Å². The quantitative estimate of drug-likeness (QED) is 0.891. The maximum atomic E-state index is 12.2. The van der Waals surface area contributed by atoms with E-state index in [1.807, 2.05) is 44.2 Å². The zero-order chi connectivity index (χ0) is 13.0. The number of hydrogen-bond acceptors (Lipinski definition) is 2. The van der Waals surface area contributed by atoms with Crippen molar-refractivity contribution in [3.8, 4) is 0 Å². The van der Waals surface area contributed by atoms with E-state index in [-0.39, 0.29) is 17.4 Å². The highest BCUT2D eigenvalue weighted by atomic mass is 16.5. The summed E-state index contributed by atoms with van der Waals surface area (Å²) < 4.78 is 5.28. The number of rotatable bonds is 3. The summed E-state index contributed by atoms with van der Waals surface area (Å²) in [4.78, 5) is 12.2. The summed E-state index contributed by atoms with van der Waals surface area (Å²) in [5.41, 5.74) is 0.807. The zero-order valence-electron chi connectivity index (χ0n) is 11.1. The van der Waals surface area contributed by atoms with Gasteiger partial charge in [-0.2, -0.15) is 0 Å². The van der Waals surface area contributed by atoms with Crippen molar-refractivity contribution in [2.75, 3.05) is 13.2 Å². The predicted octanol–water partition coefficient (Wildman–Crippen LogP) is 2.46. The first-order valence-corrected chi connectivity index (χ1v) is 6.55. The minimum atomic E-state index is -0.323. The minimum absolute atomic E-state index is 0.0988. The molecule has 0 unspecified atom stereocenters. The molecule has 1 aromatic carbocycles. The molecule has 1 N–H and O–H groups in total. The van der Waals surface area contributed by atoms with Gasteiger partial charge in [0.1, 0.15) is 0 Å². The third-order valence-electron chi connectivity index (χ3n) is 3.52. The van der Waals surface area contributed by atoms with E-state index in [0.717, 1.165) is 18.4 Å². The van der Waals surface area contributed by atoms with Crippen LogP contribution < -0.4 is 5.32 Å². The van der Waals surface area contributed by atoms with Crippen LogP contribution in [0, 0.1) is 5.92 Å². The molecule has 18 heavy (non-hydrogen) atoms. The Morgan fingerprint density at radius 2 is 1.83 bits per heavy atom. The van der Waals surface area contributed by atoms with E-state index in [1.54, 1.807) is 0 Å². The molecular formula is C15H21NO2. The Bertz CT molecular complexity index is 394. The van der Waals surface area contributed by atoms with Gasteiger partial charge < -0.3 is 10.1 Å². The highest BCUT2D eigenvalue weighted by Gasteiger charge is 2.28. The molecule has 1 fully saturated rings. The SMILES string of the molecule is CC(C)(NC(=O)C1CCOCC1)c1ccccc1. The number of benzene rings is 1. The maximum absolute atomic E-state index is 12.2. The zero-order valence-corrected chi connectivity index (χ0v) is 11.1. The van der Waals surface area contributed by atoms with Crippen molar-refractivity contribution in [2.24, 2.45) is 5.92 Å². The number of ether oxygens (including phenoxy) is 1. The fourth-order valence-electron chi connectivity index (χ4n) is 2.30. The molecule has 2 rings (SSSR count). The molecule has 1 saturated heterocycles. The topological polar surface area (TPSA) is 38.3 Å². The van der Waals surface area contributed by atoms with Crippen molar-refractivity contribution in [3.63, 3.8) is 0 Å². The van der Waals surface area contributed by atoms with Crippen molar-refractivity contribution in [3.05, 3.63) is 35.9 Å². The second-order valence-corrected chi connectivity index (χ2v) is 5.37. The van der Waals surface area contributed by atoms with Crippen LogP contribution in [0.1, 0.15) is 32.3 Å². The summed E-state index contributed by atoms with van der Waals surface area (Å²) in [6, 6.07) is 10.1. The summed E-state index contributed by atoms with van der Waals surface area (Å²) >= 11 is 0. The summed E-state index contributed by atoms with van der Waals surface area (Å²) in [5.74, 6) is 0.244. The van der Waals surface area contributed by atoms with Gasteiger partial charge in [0.2, 0.25) is 5.91 Å². The molecule has 3 heteroatoms. The Morgan fingerprint density at radius 3 is 2.44 bits per heavy atom. The minimum Gasteiger partial charge on any atom is -0.381 e. The van der Waals surface area contributed by atoms with Crippen LogP contribution in [0.3, 0.4) is 0 Å². The predicted molar refractivity (Wildman–Crippen MR) is 71.2 cm³/mol. The van der Waals surface area contributed by atoms with E-state index in [1.165, 1.54) is 0 Å². The van der Waals surface area contributed by atoms with E-state index in [2.05, 4.69) is 5.32 Å². The number of amides is 1. The molecule has 98 valence electrons. The average molecular weight is 247 g/mol. The first-order chi connectivity index (χ1) is 8.59. The number of hydrogen-bond donors (Lipinski definition) is 1. The van der Waals surface area contributed by atoms with Crippen LogP contribution in [0.4, 0.5) is 0 Å². The maximum Gasteiger partial charge on any atom is 0.223 e. The van der Waals surface area contributed by atoms with Gasteiger partial charge in [-0.15, -0.1) is 0 Å². The largest absolute Gasteiger partial charge is 0.381 e. The first kappa shape index (κ1) is 13.1. The Morgan fingerprint density at radius 1 is 1.22 bits per heavy atom. The lowest BCUT2D eigenvalue weighted by atomic mass is 9.92. The lowest BCUT2D eigenvalue weighted by Gasteiger charge is -2.30. The Hall–Kier alpha value is -1.35. The Labute approximate surface area is 109 Å². The smallest absolute Gasteiger partial charge is 0.223 e. The number of nitrogens with one attached hydrogen (secondary N) is 1. The van der Waals surface area contributed by atoms with E-state index < -0.39 is 0 Å². The molecule has 1 aromatic rings. The molecule has 0 atom stereocenters. The van der Waals surface area contributed by atoms with Crippen LogP contribution >= 0.6 is 0 Å². The summed E-state index contributed by atoms with van der Waals surface area (Å²) in [7, 11) is 0. The lowest BCUT2D eigenvalue weighted by molar-refractivity contribution is -0.129. The van der Waals surface area contributed by atoms with Crippen molar-refractivity contribution in [1.82, 2.24) is 5.32 Å². The molecule has 3 nitrogen and oxygen atoms in total. The number of carbonyl (C=O) groups is 1. The van der Waals surface area contributed by atoms with Gasteiger partial charge >= 0.3 is 0 Å². The van der Waals surface area contributed by atoms with Gasteiger partial charge in [-0.05, 0) is 32.3 Å². The van der Waals surface area contributed by atoms with Gasteiger partial charge in [0.25, 0.3) is 0 Å². The Kier molecular flexibility index (Phi) is 4.02. The second-order valence-electron chi connectivity index (χ2n) is 5.37. The molecular weight excluding hydrogens is 226 g/mol. The van der Waals surface area contributed by atoms with Crippen LogP contribution in [0.25, 0.3) is 0 Å². The third-order valence-corrected chi connectivity index (χ3v) is 3.52. The standard InChI is InChI=1S/C15H21NO2/c1-15(2,13-6-4-3-5-7-13)16-14(17)12-8-10-18-11-9-12/h3-7,12H,8-11H2,1-2H3,(H,16,17). The van der Waals surface area contributed by atoms with Gasteiger partial charge in [0.15, 0.2) is 0 Å². The van der Waals surface area contributed by atoms with E-state index in [9.17, 15) is 4.79 Å². The van der Waals surface area contributed by atoms with Crippen molar-refractivity contribution < 1.29 is 9.53 Å². The van der Waals surface area contributed by atoms with Gasteiger partial charge in [-0.1, -0.05) is 30.3 Å². The fourth-order valence-corrected chi connectivity index (χ4v) is 2.30. The highest BCUT2D eigenvalue weighted by molar-refractivity contribution is 5.79. The third kappa shape index (κ3) is 3.10. The first-order valence-electron chi connectivity index (χ1n) is 6.55. The van der Waals surface area contributed by atoms with Crippen LogP contribution in [0.5, 0.6) is 0 Å². The summed E-state index contributed by atoms with van der Waals surface area (Å²) in [5, 5.41) is 3.15. The van der Waals surface area contributed by atoms with Crippen LogP contribution in [0.15, 0.2) is 30.3 Å². The van der Waals surface area contributed by atoms with Gasteiger partial charge in [-0.25, -0.2) is 0 Å². The molecule has 1 amide bonds. The molecule has 0 aliphatic carbocycles. The van der Waals surface area contributed by atoms with E-state index in [4.69, 9.17) is 4.74 Å². The monoisotopic (exact) mass is 247 g/mol. The van der Waals surface area contributed by atoms with E-state index in [0.29, 0.717) is 13.2 Å². The van der Waals surface area contributed by atoms with Crippen LogP contribution in [-0.2, 0) is 15.1 Å². The lowest BCUT2D eigenvalue weighted by Crippen LogP contribution is -2.45. The highest BCUT2D eigenvalue weighted by Crippen LogP contribution is 2.22. The molecule has 0 aromatic heterocycles. The van der Waals surface area contributed by atoms with Gasteiger partial charge in [0.05, 0.1) is 5.54 Å². The van der Waals surface area contributed by atoms with Crippen molar-refractivity contribution in [2.45, 2.75) is 32.2 Å². The normalized spacial score (nSPS) is 17.4.